The molecule has 0 saturated heterocycles. The minimum atomic E-state index is -3.51. The van der Waals surface area contributed by atoms with Crippen molar-refractivity contribution in [3.63, 3.8) is 0 Å². The molecule has 2 aromatic rings. The van der Waals surface area contributed by atoms with Crippen LogP contribution in [0.2, 0.25) is 0 Å². The molecule has 2 rings (SSSR count). The molecule has 0 bridgehead atoms. The Morgan fingerprint density at radius 1 is 1.23 bits per heavy atom. The van der Waals surface area contributed by atoms with Gasteiger partial charge in [-0.05, 0) is 48.6 Å². The Balaban J connectivity index is 2.40. The molecule has 0 aliphatic heterocycles. The standard InChI is InChI=1S/C16H21NO3S2/c1-5-17(11-14-7-6-8-21-14)22(18,19)15-9-12(2)16(20-4)13(3)10-15/h6-10H,5,11H2,1-4H3. The van der Waals surface area contributed by atoms with Gasteiger partial charge in [-0.25, -0.2) is 8.42 Å². The van der Waals surface area contributed by atoms with Gasteiger partial charge in [0.05, 0.1) is 12.0 Å². The van der Waals surface area contributed by atoms with Gasteiger partial charge in [-0.3, -0.25) is 0 Å². The van der Waals surface area contributed by atoms with Gasteiger partial charge in [0.15, 0.2) is 0 Å². The number of hydrogen-bond acceptors (Lipinski definition) is 4. The van der Waals surface area contributed by atoms with Gasteiger partial charge in [-0.1, -0.05) is 13.0 Å². The molecule has 0 aliphatic rings. The zero-order valence-electron chi connectivity index (χ0n) is 13.3. The quantitative estimate of drug-likeness (QED) is 0.808. The van der Waals surface area contributed by atoms with Crippen molar-refractivity contribution in [2.45, 2.75) is 32.2 Å². The van der Waals surface area contributed by atoms with E-state index in [-0.39, 0.29) is 0 Å². The van der Waals surface area contributed by atoms with Crippen LogP contribution in [0.25, 0.3) is 0 Å². The molecular formula is C16H21NO3S2. The maximum atomic E-state index is 12.9. The second-order valence-corrected chi connectivity index (χ2v) is 8.07. The number of nitrogens with zero attached hydrogens (tertiary/aromatic N) is 1. The molecule has 1 heterocycles. The van der Waals surface area contributed by atoms with Gasteiger partial charge in [-0.2, -0.15) is 4.31 Å². The topological polar surface area (TPSA) is 46.6 Å². The number of methoxy groups -OCH3 is 1. The highest BCUT2D eigenvalue weighted by molar-refractivity contribution is 7.89. The first kappa shape index (κ1) is 17.0. The van der Waals surface area contributed by atoms with E-state index in [0.717, 1.165) is 21.8 Å². The highest BCUT2D eigenvalue weighted by Gasteiger charge is 2.25. The van der Waals surface area contributed by atoms with E-state index >= 15 is 0 Å². The van der Waals surface area contributed by atoms with Crippen LogP contribution in [0, 0.1) is 13.8 Å². The van der Waals surface area contributed by atoms with Crippen molar-refractivity contribution in [3.05, 3.63) is 45.6 Å². The molecule has 0 fully saturated rings. The molecule has 0 saturated carbocycles. The predicted molar refractivity (Wildman–Crippen MR) is 90.1 cm³/mol. The summed E-state index contributed by atoms with van der Waals surface area (Å²) >= 11 is 1.56. The van der Waals surface area contributed by atoms with Gasteiger partial charge in [0.25, 0.3) is 0 Å². The third kappa shape index (κ3) is 3.34. The van der Waals surface area contributed by atoms with Gasteiger partial charge < -0.3 is 4.74 Å². The Bertz CT molecular complexity index is 714. The highest BCUT2D eigenvalue weighted by Crippen LogP contribution is 2.28. The van der Waals surface area contributed by atoms with Crippen LogP contribution in [0.4, 0.5) is 0 Å². The van der Waals surface area contributed by atoms with Gasteiger partial charge in [0.2, 0.25) is 10.0 Å². The van der Waals surface area contributed by atoms with Crippen LogP contribution < -0.4 is 4.74 Å². The van der Waals surface area contributed by atoms with Crippen LogP contribution in [0.15, 0.2) is 34.5 Å². The second kappa shape index (κ2) is 6.81. The fraction of sp³-hybridized carbons (Fsp3) is 0.375. The smallest absolute Gasteiger partial charge is 0.243 e. The SMILES string of the molecule is CCN(Cc1cccs1)S(=O)(=O)c1cc(C)c(OC)c(C)c1. The van der Waals surface area contributed by atoms with E-state index in [4.69, 9.17) is 4.74 Å². The summed E-state index contributed by atoms with van der Waals surface area (Å²) in [5.41, 5.74) is 1.65. The van der Waals surface area contributed by atoms with Crippen molar-refractivity contribution in [2.24, 2.45) is 0 Å². The van der Waals surface area contributed by atoms with Gasteiger partial charge in [0, 0.05) is 18.0 Å². The number of thiophene rings is 1. The largest absolute Gasteiger partial charge is 0.496 e. The van der Waals surface area contributed by atoms with Crippen LogP contribution in [0.5, 0.6) is 5.75 Å². The van der Waals surface area contributed by atoms with Crippen LogP contribution in [0.1, 0.15) is 22.9 Å². The van der Waals surface area contributed by atoms with E-state index in [1.54, 1.807) is 30.6 Å². The van der Waals surface area contributed by atoms with Crippen molar-refractivity contribution in [1.29, 1.82) is 0 Å². The average molecular weight is 339 g/mol. The molecule has 0 amide bonds. The summed E-state index contributed by atoms with van der Waals surface area (Å²) in [6.45, 7) is 6.42. The number of sulfonamides is 1. The van der Waals surface area contributed by atoms with Crippen molar-refractivity contribution in [3.8, 4) is 5.75 Å². The molecule has 1 aromatic heterocycles. The van der Waals surface area contributed by atoms with Crippen LogP contribution in [-0.4, -0.2) is 26.4 Å². The summed E-state index contributed by atoms with van der Waals surface area (Å²) in [6.07, 6.45) is 0. The Morgan fingerprint density at radius 2 is 1.86 bits per heavy atom. The molecule has 22 heavy (non-hydrogen) atoms. The molecular weight excluding hydrogens is 318 g/mol. The maximum Gasteiger partial charge on any atom is 0.243 e. The predicted octanol–water partition coefficient (Wildman–Crippen LogP) is 3.58. The molecule has 0 atom stereocenters. The monoisotopic (exact) mass is 339 g/mol. The molecule has 0 N–H and O–H groups in total. The lowest BCUT2D eigenvalue weighted by molar-refractivity contribution is 0.407. The number of benzene rings is 1. The number of rotatable bonds is 6. The molecule has 6 heteroatoms. The van der Waals surface area contributed by atoms with Gasteiger partial charge in [-0.15, -0.1) is 11.3 Å². The minimum absolute atomic E-state index is 0.321. The lowest BCUT2D eigenvalue weighted by atomic mass is 10.1. The molecule has 0 unspecified atom stereocenters. The van der Waals surface area contributed by atoms with Crippen molar-refractivity contribution in [2.75, 3.05) is 13.7 Å². The van der Waals surface area contributed by atoms with Crippen LogP contribution >= 0.6 is 11.3 Å². The van der Waals surface area contributed by atoms with Gasteiger partial charge >= 0.3 is 0 Å². The number of aryl methyl sites for hydroxylation is 2. The van der Waals surface area contributed by atoms with Crippen molar-refractivity contribution in [1.82, 2.24) is 4.31 Å². The van der Waals surface area contributed by atoms with Gasteiger partial charge in [0.1, 0.15) is 5.75 Å². The van der Waals surface area contributed by atoms with E-state index < -0.39 is 10.0 Å². The van der Waals surface area contributed by atoms with E-state index in [9.17, 15) is 8.42 Å². The molecule has 0 aliphatic carbocycles. The Hall–Kier alpha value is -1.37. The van der Waals surface area contributed by atoms with E-state index in [0.29, 0.717) is 18.0 Å². The summed E-state index contributed by atoms with van der Waals surface area (Å²) in [5.74, 6) is 0.736. The summed E-state index contributed by atoms with van der Waals surface area (Å²) in [6, 6.07) is 7.24. The third-order valence-electron chi connectivity index (χ3n) is 3.54. The number of hydrogen-bond donors (Lipinski definition) is 0. The normalized spacial score (nSPS) is 11.9. The van der Waals surface area contributed by atoms with E-state index in [2.05, 4.69) is 0 Å². The lowest BCUT2D eigenvalue weighted by Gasteiger charge is -2.21. The fourth-order valence-electron chi connectivity index (χ4n) is 2.47. The first-order valence-electron chi connectivity index (χ1n) is 7.08. The average Bonchev–Trinajstić information content (AvgIpc) is 2.97. The Labute approximate surface area is 136 Å². The summed E-state index contributed by atoms with van der Waals surface area (Å²) in [4.78, 5) is 1.36. The molecule has 4 nitrogen and oxygen atoms in total. The fourth-order valence-corrected chi connectivity index (χ4v) is 4.87. The first-order valence-corrected chi connectivity index (χ1v) is 9.40. The molecule has 0 radical (unpaired) electrons. The van der Waals surface area contributed by atoms with Crippen LogP contribution in [0.3, 0.4) is 0 Å². The highest BCUT2D eigenvalue weighted by atomic mass is 32.2. The second-order valence-electron chi connectivity index (χ2n) is 5.10. The molecule has 120 valence electrons. The maximum absolute atomic E-state index is 12.9. The summed E-state index contributed by atoms with van der Waals surface area (Å²) in [7, 11) is -1.92. The van der Waals surface area contributed by atoms with Crippen molar-refractivity contribution >= 4 is 21.4 Å². The lowest BCUT2D eigenvalue weighted by Crippen LogP contribution is -2.30. The summed E-state index contributed by atoms with van der Waals surface area (Å²) < 4.78 is 32.6. The van der Waals surface area contributed by atoms with E-state index in [1.165, 1.54) is 4.31 Å². The molecule has 0 spiro atoms. The zero-order valence-corrected chi connectivity index (χ0v) is 14.9. The van der Waals surface area contributed by atoms with Crippen LogP contribution in [-0.2, 0) is 16.6 Å². The van der Waals surface area contributed by atoms with Crippen molar-refractivity contribution < 1.29 is 13.2 Å². The summed E-state index contributed by atoms with van der Waals surface area (Å²) in [5, 5.41) is 1.96. The molecule has 1 aromatic carbocycles. The Morgan fingerprint density at radius 3 is 2.32 bits per heavy atom. The zero-order chi connectivity index (χ0) is 16.3. The number of ether oxygens (including phenoxy) is 1. The third-order valence-corrected chi connectivity index (χ3v) is 6.30. The minimum Gasteiger partial charge on any atom is -0.496 e. The van der Waals surface area contributed by atoms with E-state index in [1.807, 2.05) is 38.3 Å². The first-order chi connectivity index (χ1) is 10.4. The Kier molecular flexibility index (Phi) is 5.26.